The predicted molar refractivity (Wildman–Crippen MR) is 96.5 cm³/mol. The Morgan fingerprint density at radius 3 is 2.79 bits per heavy atom. The molecule has 1 unspecified atom stereocenters. The van der Waals surface area contributed by atoms with Crippen molar-refractivity contribution >= 4 is 23.3 Å². The first-order valence-electron chi connectivity index (χ1n) is 8.21. The van der Waals surface area contributed by atoms with E-state index in [-0.39, 0.29) is 18.7 Å². The van der Waals surface area contributed by atoms with E-state index in [0.29, 0.717) is 24.4 Å². The van der Waals surface area contributed by atoms with Gasteiger partial charge in [-0.25, -0.2) is 4.79 Å². The van der Waals surface area contributed by atoms with Gasteiger partial charge in [-0.15, -0.1) is 0 Å². The molecule has 0 radical (unpaired) electrons. The van der Waals surface area contributed by atoms with E-state index in [9.17, 15) is 4.79 Å². The van der Waals surface area contributed by atoms with E-state index >= 15 is 0 Å². The first-order chi connectivity index (χ1) is 11.7. The maximum Gasteiger partial charge on any atom is 0.322 e. The fourth-order valence-corrected chi connectivity index (χ4v) is 3.26. The van der Waals surface area contributed by atoms with E-state index in [0.717, 1.165) is 23.2 Å². The minimum absolute atomic E-state index is 0.112. The summed E-state index contributed by atoms with van der Waals surface area (Å²) < 4.78 is 0. The summed E-state index contributed by atoms with van der Waals surface area (Å²) in [6.07, 6.45) is 2.18. The number of urea groups is 1. The molecule has 0 saturated carbocycles. The molecule has 3 rings (SSSR count). The number of anilines is 1. The number of halogens is 1. The Hall–Kier alpha value is -2.04. The largest absolute Gasteiger partial charge is 0.396 e. The van der Waals surface area contributed by atoms with E-state index in [1.54, 1.807) is 4.90 Å². The van der Waals surface area contributed by atoms with Gasteiger partial charge in [0.05, 0.1) is 11.7 Å². The summed E-state index contributed by atoms with van der Waals surface area (Å²) in [5, 5.41) is 12.9. The van der Waals surface area contributed by atoms with Crippen molar-refractivity contribution in [2.24, 2.45) is 0 Å². The van der Waals surface area contributed by atoms with Gasteiger partial charge in [0, 0.05) is 18.2 Å². The number of benzene rings is 2. The lowest BCUT2D eigenvalue weighted by molar-refractivity contribution is 0.238. The Morgan fingerprint density at radius 2 is 2.04 bits per heavy atom. The number of rotatable bonds is 5. The topological polar surface area (TPSA) is 52.6 Å². The molecule has 5 heteroatoms. The molecular formula is C19H21ClN2O2. The molecule has 1 heterocycles. The number of carbonyl (C=O) groups excluding carboxylic acids is 1. The fourth-order valence-electron chi connectivity index (χ4n) is 3.09. The second-order valence-corrected chi connectivity index (χ2v) is 6.39. The van der Waals surface area contributed by atoms with Crippen LogP contribution in [0.2, 0.25) is 5.02 Å². The summed E-state index contributed by atoms with van der Waals surface area (Å²) in [4.78, 5) is 14.5. The molecule has 0 saturated heterocycles. The van der Waals surface area contributed by atoms with E-state index in [4.69, 9.17) is 16.7 Å². The zero-order chi connectivity index (χ0) is 16.9. The lowest BCUT2D eigenvalue weighted by atomic mass is 10.0. The van der Waals surface area contributed by atoms with E-state index in [2.05, 4.69) is 5.32 Å². The van der Waals surface area contributed by atoms with Crippen LogP contribution in [0.1, 0.15) is 30.0 Å². The average molecular weight is 345 g/mol. The summed E-state index contributed by atoms with van der Waals surface area (Å²) in [7, 11) is 0. The van der Waals surface area contributed by atoms with Gasteiger partial charge >= 0.3 is 6.03 Å². The number of carbonyl (C=O) groups is 1. The fraction of sp³-hybridized carbons (Fsp3) is 0.316. The monoisotopic (exact) mass is 344 g/mol. The van der Waals surface area contributed by atoms with E-state index < -0.39 is 0 Å². The highest BCUT2D eigenvalue weighted by molar-refractivity contribution is 6.31. The third-order valence-corrected chi connectivity index (χ3v) is 4.57. The van der Waals surface area contributed by atoms with Crippen molar-refractivity contribution in [2.75, 3.05) is 18.1 Å². The third kappa shape index (κ3) is 3.71. The number of aliphatic hydroxyl groups is 1. The molecule has 2 aromatic carbocycles. The van der Waals surface area contributed by atoms with Gasteiger partial charge in [-0.2, -0.15) is 0 Å². The smallest absolute Gasteiger partial charge is 0.322 e. The molecule has 0 bridgehead atoms. The van der Waals surface area contributed by atoms with Crippen molar-refractivity contribution in [3.05, 3.63) is 64.7 Å². The summed E-state index contributed by atoms with van der Waals surface area (Å²) in [5.74, 6) is 0. The minimum Gasteiger partial charge on any atom is -0.396 e. The number of hydrogen-bond acceptors (Lipinski definition) is 2. The molecular weight excluding hydrogens is 324 g/mol. The maximum absolute atomic E-state index is 12.8. The molecule has 0 fully saturated rings. The van der Waals surface area contributed by atoms with Crippen LogP contribution in [0.4, 0.5) is 10.5 Å². The van der Waals surface area contributed by atoms with Crippen molar-refractivity contribution in [3.8, 4) is 0 Å². The first kappa shape index (κ1) is 16.8. The molecule has 0 aliphatic carbocycles. The summed E-state index contributed by atoms with van der Waals surface area (Å²) in [6, 6.07) is 15.3. The van der Waals surface area contributed by atoms with Gasteiger partial charge in [0.15, 0.2) is 0 Å². The SMILES string of the molecule is O=C(NC(CCCO)c1ccccc1)N1CCc2ccc(Cl)cc21. The van der Waals surface area contributed by atoms with Crippen LogP contribution in [0.25, 0.3) is 0 Å². The number of aliphatic hydroxyl groups excluding tert-OH is 1. The summed E-state index contributed by atoms with van der Waals surface area (Å²) >= 11 is 6.08. The number of nitrogens with zero attached hydrogens (tertiary/aromatic N) is 1. The van der Waals surface area contributed by atoms with Gasteiger partial charge in [0.25, 0.3) is 0 Å². The highest BCUT2D eigenvalue weighted by atomic mass is 35.5. The number of hydrogen-bond donors (Lipinski definition) is 2. The van der Waals surface area contributed by atoms with Crippen LogP contribution in [0, 0.1) is 0 Å². The van der Waals surface area contributed by atoms with Crippen LogP contribution in [-0.2, 0) is 6.42 Å². The van der Waals surface area contributed by atoms with Gasteiger partial charge in [-0.05, 0) is 42.5 Å². The highest BCUT2D eigenvalue weighted by Crippen LogP contribution is 2.31. The van der Waals surface area contributed by atoms with Crippen LogP contribution in [0.5, 0.6) is 0 Å². The van der Waals surface area contributed by atoms with Crippen LogP contribution < -0.4 is 10.2 Å². The summed E-state index contributed by atoms with van der Waals surface area (Å²) in [5.41, 5.74) is 3.07. The molecule has 0 spiro atoms. The van der Waals surface area contributed by atoms with Gasteiger partial charge in [0.1, 0.15) is 0 Å². The molecule has 2 N–H and O–H groups in total. The molecule has 1 aliphatic rings. The Balaban J connectivity index is 1.76. The van der Waals surface area contributed by atoms with Crippen LogP contribution >= 0.6 is 11.6 Å². The van der Waals surface area contributed by atoms with Gasteiger partial charge < -0.3 is 10.4 Å². The Morgan fingerprint density at radius 1 is 1.25 bits per heavy atom. The zero-order valence-corrected chi connectivity index (χ0v) is 14.2. The van der Waals surface area contributed by atoms with Crippen LogP contribution in [0.15, 0.2) is 48.5 Å². The lowest BCUT2D eigenvalue weighted by Gasteiger charge is -2.24. The second-order valence-electron chi connectivity index (χ2n) is 5.95. The maximum atomic E-state index is 12.8. The molecule has 126 valence electrons. The Labute approximate surface area is 147 Å². The second kappa shape index (κ2) is 7.69. The normalized spacial score (nSPS) is 14.3. The zero-order valence-electron chi connectivity index (χ0n) is 13.4. The number of amides is 2. The van der Waals surface area contributed by atoms with Crippen LogP contribution in [-0.4, -0.2) is 24.3 Å². The van der Waals surface area contributed by atoms with Crippen molar-refractivity contribution in [3.63, 3.8) is 0 Å². The van der Waals surface area contributed by atoms with Gasteiger partial charge in [-0.1, -0.05) is 48.0 Å². The molecule has 2 amide bonds. The molecule has 4 nitrogen and oxygen atoms in total. The molecule has 0 aromatic heterocycles. The summed E-state index contributed by atoms with van der Waals surface area (Å²) in [6.45, 7) is 0.768. The van der Waals surface area contributed by atoms with E-state index in [1.165, 1.54) is 0 Å². The highest BCUT2D eigenvalue weighted by Gasteiger charge is 2.26. The van der Waals surface area contributed by atoms with Crippen molar-refractivity contribution < 1.29 is 9.90 Å². The standard InChI is InChI=1S/C19H21ClN2O2/c20-16-9-8-15-10-11-22(18(15)13-16)19(24)21-17(7-4-12-23)14-5-2-1-3-6-14/h1-3,5-6,8-9,13,17,23H,4,7,10-12H2,(H,21,24). The molecule has 1 atom stereocenters. The van der Waals surface area contributed by atoms with Crippen molar-refractivity contribution in [1.82, 2.24) is 5.32 Å². The van der Waals surface area contributed by atoms with Crippen molar-refractivity contribution in [1.29, 1.82) is 0 Å². The van der Waals surface area contributed by atoms with Crippen molar-refractivity contribution in [2.45, 2.75) is 25.3 Å². The number of nitrogens with one attached hydrogen (secondary N) is 1. The Bertz CT molecular complexity index is 706. The molecule has 1 aliphatic heterocycles. The van der Waals surface area contributed by atoms with Gasteiger partial charge in [0.2, 0.25) is 0 Å². The van der Waals surface area contributed by atoms with Crippen LogP contribution in [0.3, 0.4) is 0 Å². The average Bonchev–Trinajstić information content (AvgIpc) is 3.02. The lowest BCUT2D eigenvalue weighted by Crippen LogP contribution is -2.41. The minimum atomic E-state index is -0.122. The predicted octanol–water partition coefficient (Wildman–Crippen LogP) is 3.93. The van der Waals surface area contributed by atoms with E-state index in [1.807, 2.05) is 48.5 Å². The first-order valence-corrected chi connectivity index (χ1v) is 8.59. The third-order valence-electron chi connectivity index (χ3n) is 4.34. The number of fused-ring (bicyclic) bond motifs is 1. The van der Waals surface area contributed by atoms with Gasteiger partial charge in [-0.3, -0.25) is 4.90 Å². The quantitative estimate of drug-likeness (QED) is 0.863. The Kier molecular flexibility index (Phi) is 5.38. The molecule has 24 heavy (non-hydrogen) atoms. The molecule has 2 aromatic rings.